The zero-order valence-corrected chi connectivity index (χ0v) is 20.8. The average Bonchev–Trinajstić information content (AvgIpc) is 2.83. The number of benzene rings is 1. The molecule has 7 atom stereocenters. The van der Waals surface area contributed by atoms with E-state index in [4.69, 9.17) is 14.6 Å². The van der Waals surface area contributed by atoms with Crippen molar-refractivity contribution >= 4 is 29.3 Å². The van der Waals surface area contributed by atoms with Gasteiger partial charge < -0.3 is 45.0 Å². The van der Waals surface area contributed by atoms with Crippen LogP contribution in [0.1, 0.15) is 25.0 Å². The summed E-state index contributed by atoms with van der Waals surface area (Å²) in [6, 6.07) is 5.07. The first-order valence-electron chi connectivity index (χ1n) is 11.3. The molecule has 0 aliphatic carbocycles. The van der Waals surface area contributed by atoms with Crippen LogP contribution in [-0.2, 0) is 25.5 Å². The Labute approximate surface area is 208 Å². The zero-order chi connectivity index (χ0) is 26.3. The molecule has 0 aromatic heterocycles. The maximum Gasteiger partial charge on any atom is 0.333 e. The molecule has 2 rings (SSSR count). The number of aliphatic hydroxyl groups is 5. The number of aliphatic hydroxyl groups excluding tert-OH is 5. The minimum Gasteiger partial charge on any atom is -0.479 e. The maximum atomic E-state index is 13.3. The predicted octanol–water partition coefficient (Wildman–Crippen LogP) is -0.726. The second-order valence-corrected chi connectivity index (χ2v) is 9.48. The highest BCUT2D eigenvalue weighted by molar-refractivity contribution is 8.00. The number of carboxylic acids is 1. The second-order valence-electron chi connectivity index (χ2n) is 8.45. The summed E-state index contributed by atoms with van der Waals surface area (Å²) < 4.78 is 11.1. The number of amides is 1. The molecule has 1 fully saturated rings. The van der Waals surface area contributed by atoms with E-state index >= 15 is 0 Å². The van der Waals surface area contributed by atoms with Crippen LogP contribution < -0.4 is 4.90 Å². The Kier molecular flexibility index (Phi) is 11.4. The van der Waals surface area contributed by atoms with Gasteiger partial charge in [0.15, 0.2) is 12.4 Å². The number of rotatable bonds is 12. The average molecular weight is 518 g/mol. The van der Waals surface area contributed by atoms with Crippen LogP contribution in [0.3, 0.4) is 0 Å². The van der Waals surface area contributed by atoms with Crippen LogP contribution in [0.4, 0.5) is 5.69 Å². The number of hydrogen-bond acceptors (Lipinski definition) is 10. The van der Waals surface area contributed by atoms with Crippen LogP contribution >= 0.6 is 11.8 Å². The second kappa shape index (κ2) is 13.5. The van der Waals surface area contributed by atoms with E-state index in [1.54, 1.807) is 11.8 Å². The van der Waals surface area contributed by atoms with Gasteiger partial charge in [0, 0.05) is 5.75 Å². The van der Waals surface area contributed by atoms with Crippen LogP contribution in [0.5, 0.6) is 0 Å². The van der Waals surface area contributed by atoms with Crippen molar-refractivity contribution in [3.05, 3.63) is 29.3 Å². The SMILES string of the molecule is CCc1cccc(C)c1N(C(=O)CSCC(O)C(=O)O)C(C)CO[C@@H]1O[C@H](CO)[C@@H](O)[C@H](O)[C@H]1O. The molecule has 12 heteroatoms. The van der Waals surface area contributed by atoms with Gasteiger partial charge in [-0.1, -0.05) is 25.1 Å². The van der Waals surface area contributed by atoms with Crippen molar-refractivity contribution in [3.63, 3.8) is 0 Å². The third-order valence-corrected chi connectivity index (χ3v) is 6.79. The standard InChI is InChI=1S/C23H35NO10S/c1-4-14-7-5-6-12(2)18(14)24(17(27)11-35-10-15(26)22(31)32)13(3)9-33-23-21(30)20(29)19(28)16(8-25)34-23/h5-7,13,15-16,19-21,23,25-26,28-30H,4,8-11H2,1-3H3,(H,31,32)/t13?,15?,16-,19-,20+,21-,23-/m1/s1. The van der Waals surface area contributed by atoms with Crippen molar-refractivity contribution in [1.29, 1.82) is 0 Å². The lowest BCUT2D eigenvalue weighted by Gasteiger charge is -2.40. The van der Waals surface area contributed by atoms with E-state index < -0.39 is 55.4 Å². The largest absolute Gasteiger partial charge is 0.479 e. The lowest BCUT2D eigenvalue weighted by atomic mass is 9.99. The normalized spacial score (nSPS) is 26.2. The fourth-order valence-electron chi connectivity index (χ4n) is 3.85. The van der Waals surface area contributed by atoms with Gasteiger partial charge in [0.2, 0.25) is 5.91 Å². The summed E-state index contributed by atoms with van der Waals surface area (Å²) in [6.45, 7) is 4.83. The molecule has 1 amide bonds. The molecule has 1 heterocycles. The summed E-state index contributed by atoms with van der Waals surface area (Å²) in [4.78, 5) is 25.7. The first-order valence-corrected chi connectivity index (χ1v) is 12.5. The topological polar surface area (TPSA) is 177 Å². The minimum atomic E-state index is -1.59. The van der Waals surface area contributed by atoms with Crippen LogP contribution in [0.25, 0.3) is 0 Å². The van der Waals surface area contributed by atoms with Gasteiger partial charge in [0.25, 0.3) is 0 Å². The van der Waals surface area contributed by atoms with Crippen molar-refractivity contribution in [3.8, 4) is 0 Å². The number of nitrogens with zero attached hydrogens (tertiary/aromatic N) is 1. The molecule has 1 aromatic rings. The van der Waals surface area contributed by atoms with Gasteiger partial charge in [-0.3, -0.25) is 4.79 Å². The number of para-hydroxylation sites is 1. The van der Waals surface area contributed by atoms with Crippen LogP contribution in [-0.4, -0.2) is 110 Å². The molecule has 2 unspecified atom stereocenters. The number of aryl methyl sites for hydroxylation is 2. The Bertz CT molecular complexity index is 854. The summed E-state index contributed by atoms with van der Waals surface area (Å²) in [5.74, 6) is -1.94. The summed E-state index contributed by atoms with van der Waals surface area (Å²) >= 11 is 0.992. The molecular weight excluding hydrogens is 482 g/mol. The minimum absolute atomic E-state index is 0.0911. The lowest BCUT2D eigenvalue weighted by Crippen LogP contribution is -2.59. The fraction of sp³-hybridized carbons (Fsp3) is 0.652. The van der Waals surface area contributed by atoms with E-state index in [9.17, 15) is 35.1 Å². The van der Waals surface area contributed by atoms with E-state index in [1.165, 1.54) is 0 Å². The predicted molar refractivity (Wildman–Crippen MR) is 128 cm³/mol. The lowest BCUT2D eigenvalue weighted by molar-refractivity contribution is -0.301. The van der Waals surface area contributed by atoms with Crippen molar-refractivity contribution in [1.82, 2.24) is 0 Å². The van der Waals surface area contributed by atoms with E-state index in [0.717, 1.165) is 22.9 Å². The van der Waals surface area contributed by atoms with E-state index in [1.807, 2.05) is 32.0 Å². The van der Waals surface area contributed by atoms with Gasteiger partial charge in [-0.25, -0.2) is 4.79 Å². The Morgan fingerprint density at radius 3 is 2.49 bits per heavy atom. The van der Waals surface area contributed by atoms with Gasteiger partial charge in [0.05, 0.1) is 30.7 Å². The smallest absolute Gasteiger partial charge is 0.333 e. The number of aliphatic carboxylic acids is 1. The van der Waals surface area contributed by atoms with Crippen molar-refractivity contribution < 1.29 is 49.7 Å². The molecule has 0 bridgehead atoms. The van der Waals surface area contributed by atoms with Gasteiger partial charge in [-0.05, 0) is 31.4 Å². The van der Waals surface area contributed by atoms with Gasteiger partial charge >= 0.3 is 5.97 Å². The van der Waals surface area contributed by atoms with Gasteiger partial charge in [0.1, 0.15) is 24.4 Å². The summed E-state index contributed by atoms with van der Waals surface area (Å²) in [5.41, 5.74) is 2.44. The Balaban J connectivity index is 2.21. The monoisotopic (exact) mass is 517 g/mol. The summed E-state index contributed by atoms with van der Waals surface area (Å²) in [6.07, 6.45) is -8.06. The highest BCUT2D eigenvalue weighted by Crippen LogP contribution is 2.29. The van der Waals surface area contributed by atoms with Crippen LogP contribution in [0, 0.1) is 6.92 Å². The maximum absolute atomic E-state index is 13.3. The number of carbonyl (C=O) groups is 2. The zero-order valence-electron chi connectivity index (χ0n) is 20.0. The molecule has 198 valence electrons. The molecule has 11 nitrogen and oxygen atoms in total. The molecule has 0 spiro atoms. The van der Waals surface area contributed by atoms with E-state index in [-0.39, 0.29) is 24.0 Å². The molecule has 1 aliphatic heterocycles. The molecule has 1 aliphatic rings. The molecule has 0 radical (unpaired) electrons. The van der Waals surface area contributed by atoms with Crippen molar-refractivity contribution in [2.45, 2.75) is 70.0 Å². The molecule has 0 saturated carbocycles. The third-order valence-electron chi connectivity index (χ3n) is 5.79. The number of carbonyl (C=O) groups excluding carboxylic acids is 1. The van der Waals surface area contributed by atoms with Gasteiger partial charge in [-0.2, -0.15) is 0 Å². The van der Waals surface area contributed by atoms with Crippen molar-refractivity contribution in [2.24, 2.45) is 0 Å². The molecule has 1 saturated heterocycles. The molecular formula is C23H35NO10S. The number of ether oxygens (including phenoxy) is 2. The van der Waals surface area contributed by atoms with Crippen LogP contribution in [0.15, 0.2) is 18.2 Å². The first kappa shape index (κ1) is 29.5. The number of thioether (sulfide) groups is 1. The number of carboxylic acid groups (broad SMARTS) is 1. The van der Waals surface area contributed by atoms with Crippen LogP contribution in [0.2, 0.25) is 0 Å². The molecule has 1 aromatic carbocycles. The fourth-order valence-corrected chi connectivity index (χ4v) is 4.65. The highest BCUT2D eigenvalue weighted by atomic mass is 32.2. The summed E-state index contributed by atoms with van der Waals surface area (Å²) in [5, 5.41) is 57.9. The number of anilines is 1. The number of hydrogen-bond donors (Lipinski definition) is 6. The quantitative estimate of drug-likeness (QED) is 0.206. The van der Waals surface area contributed by atoms with E-state index in [2.05, 4.69) is 0 Å². The Morgan fingerprint density at radius 2 is 1.89 bits per heavy atom. The first-order chi connectivity index (χ1) is 16.5. The Morgan fingerprint density at radius 1 is 1.20 bits per heavy atom. The van der Waals surface area contributed by atoms with Crippen molar-refractivity contribution in [2.75, 3.05) is 29.6 Å². The highest BCUT2D eigenvalue weighted by Gasteiger charge is 2.44. The molecule has 6 N–H and O–H groups in total. The summed E-state index contributed by atoms with van der Waals surface area (Å²) in [7, 11) is 0. The van der Waals surface area contributed by atoms with E-state index in [0.29, 0.717) is 12.1 Å². The van der Waals surface area contributed by atoms with Gasteiger partial charge in [-0.15, -0.1) is 11.8 Å². The molecule has 35 heavy (non-hydrogen) atoms. The third kappa shape index (κ3) is 7.37. The Hall–Kier alpha value is -1.77.